The molecule has 1 aromatic carbocycles. The Bertz CT molecular complexity index is 364. The average molecular weight is 297 g/mol. The Morgan fingerprint density at radius 3 is 2.82 bits per heavy atom. The van der Waals surface area contributed by atoms with Gasteiger partial charge in [0.2, 0.25) is 0 Å². The number of aliphatic hydroxyl groups excluding tert-OH is 1. The number of benzene rings is 1. The topological polar surface area (TPSA) is 20.2 Å². The van der Waals surface area contributed by atoms with Crippen molar-refractivity contribution >= 4 is 15.9 Å². The summed E-state index contributed by atoms with van der Waals surface area (Å²) in [6.45, 7) is 2.30. The van der Waals surface area contributed by atoms with E-state index < -0.39 is 0 Å². The molecule has 1 nitrogen and oxygen atoms in total. The van der Waals surface area contributed by atoms with Crippen LogP contribution in [0, 0.1) is 11.8 Å². The molecule has 0 amide bonds. The smallest absolute Gasteiger partial charge is 0.0609 e. The minimum Gasteiger partial charge on any atom is -0.392 e. The molecule has 1 aliphatic carbocycles. The molecule has 1 aliphatic rings. The van der Waals surface area contributed by atoms with Crippen molar-refractivity contribution in [1.29, 1.82) is 0 Å². The number of aliphatic hydroxyl groups is 1. The fourth-order valence-electron chi connectivity index (χ4n) is 2.89. The zero-order chi connectivity index (χ0) is 12.3. The Hall–Kier alpha value is -0.340. The van der Waals surface area contributed by atoms with E-state index in [0.29, 0.717) is 5.92 Å². The summed E-state index contributed by atoms with van der Waals surface area (Å²) in [5.41, 5.74) is 1.22. The van der Waals surface area contributed by atoms with Crippen LogP contribution in [0.5, 0.6) is 0 Å². The fraction of sp³-hybridized carbons (Fsp3) is 0.600. The lowest BCUT2D eigenvalue weighted by Crippen LogP contribution is -2.27. The first kappa shape index (κ1) is 13.1. The highest BCUT2D eigenvalue weighted by molar-refractivity contribution is 9.10. The van der Waals surface area contributed by atoms with Crippen molar-refractivity contribution in [2.24, 2.45) is 11.8 Å². The summed E-state index contributed by atoms with van der Waals surface area (Å²) in [6, 6.07) is 8.20. The first-order valence-electron chi connectivity index (χ1n) is 6.58. The van der Waals surface area contributed by atoms with E-state index in [-0.39, 0.29) is 6.10 Å². The summed E-state index contributed by atoms with van der Waals surface area (Å²) in [6.07, 6.45) is 5.58. The standard InChI is InChI=1S/C15H21BrO/c1-11-5-4-7-13(9-11)15(17)10-12-6-2-3-8-14(12)16/h2-3,6,8,11,13,15,17H,4-5,7,9-10H2,1H3. The van der Waals surface area contributed by atoms with E-state index >= 15 is 0 Å². The summed E-state index contributed by atoms with van der Waals surface area (Å²) >= 11 is 3.55. The second-order valence-electron chi connectivity index (χ2n) is 5.39. The van der Waals surface area contributed by atoms with Gasteiger partial charge >= 0.3 is 0 Å². The van der Waals surface area contributed by atoms with Crippen LogP contribution in [0.3, 0.4) is 0 Å². The van der Waals surface area contributed by atoms with Crippen molar-refractivity contribution in [3.63, 3.8) is 0 Å². The minimum absolute atomic E-state index is 0.184. The molecule has 0 spiro atoms. The summed E-state index contributed by atoms with van der Waals surface area (Å²) < 4.78 is 1.11. The van der Waals surface area contributed by atoms with Crippen molar-refractivity contribution in [3.05, 3.63) is 34.3 Å². The lowest BCUT2D eigenvalue weighted by molar-refractivity contribution is 0.0719. The molecule has 17 heavy (non-hydrogen) atoms. The molecular formula is C15H21BrO. The third-order valence-corrected chi connectivity index (χ3v) is 4.68. The van der Waals surface area contributed by atoms with E-state index in [4.69, 9.17) is 0 Å². The van der Waals surface area contributed by atoms with Gasteiger partial charge in [-0.15, -0.1) is 0 Å². The Labute approximate surface area is 112 Å². The van der Waals surface area contributed by atoms with Crippen LogP contribution >= 0.6 is 15.9 Å². The van der Waals surface area contributed by atoms with Crippen LogP contribution in [0.2, 0.25) is 0 Å². The van der Waals surface area contributed by atoms with Gasteiger partial charge in [-0.3, -0.25) is 0 Å². The highest BCUT2D eigenvalue weighted by Gasteiger charge is 2.25. The van der Waals surface area contributed by atoms with Gasteiger partial charge < -0.3 is 5.11 Å². The molecule has 2 heteroatoms. The maximum Gasteiger partial charge on any atom is 0.0609 e. The predicted molar refractivity (Wildman–Crippen MR) is 75.0 cm³/mol. The van der Waals surface area contributed by atoms with Crippen LogP contribution in [0.1, 0.15) is 38.2 Å². The van der Waals surface area contributed by atoms with Crippen molar-refractivity contribution in [2.45, 2.75) is 45.1 Å². The Balaban J connectivity index is 1.96. The van der Waals surface area contributed by atoms with Gasteiger partial charge in [-0.05, 0) is 42.7 Å². The molecule has 0 aliphatic heterocycles. The summed E-state index contributed by atoms with van der Waals surface area (Å²) in [4.78, 5) is 0. The summed E-state index contributed by atoms with van der Waals surface area (Å²) in [5, 5.41) is 10.3. The molecule has 2 rings (SSSR count). The lowest BCUT2D eigenvalue weighted by Gasteiger charge is -2.30. The number of halogens is 1. The van der Waals surface area contributed by atoms with Gasteiger partial charge in [-0.25, -0.2) is 0 Å². The molecule has 0 heterocycles. The number of hydrogen-bond acceptors (Lipinski definition) is 1. The maximum atomic E-state index is 10.3. The van der Waals surface area contributed by atoms with E-state index in [1.165, 1.54) is 31.2 Å². The highest BCUT2D eigenvalue weighted by atomic mass is 79.9. The monoisotopic (exact) mass is 296 g/mol. The summed E-state index contributed by atoms with van der Waals surface area (Å²) in [7, 11) is 0. The highest BCUT2D eigenvalue weighted by Crippen LogP contribution is 2.32. The Morgan fingerprint density at radius 1 is 1.35 bits per heavy atom. The van der Waals surface area contributed by atoms with E-state index in [2.05, 4.69) is 28.9 Å². The number of rotatable bonds is 3. The van der Waals surface area contributed by atoms with Gasteiger partial charge in [0.05, 0.1) is 6.10 Å². The average Bonchev–Trinajstić information content (AvgIpc) is 2.32. The molecule has 0 saturated heterocycles. The van der Waals surface area contributed by atoms with Crippen LogP contribution in [0.4, 0.5) is 0 Å². The molecule has 1 aromatic rings. The molecule has 3 unspecified atom stereocenters. The molecule has 3 atom stereocenters. The normalized spacial score (nSPS) is 26.8. The molecule has 0 aromatic heterocycles. The molecule has 0 radical (unpaired) electrons. The third-order valence-electron chi connectivity index (χ3n) is 3.91. The third kappa shape index (κ3) is 3.56. The van der Waals surface area contributed by atoms with E-state index in [0.717, 1.165) is 16.8 Å². The van der Waals surface area contributed by atoms with Crippen molar-refractivity contribution in [2.75, 3.05) is 0 Å². The fourth-order valence-corrected chi connectivity index (χ4v) is 3.33. The van der Waals surface area contributed by atoms with Crippen LogP contribution in [0.25, 0.3) is 0 Å². The van der Waals surface area contributed by atoms with Crippen LogP contribution in [0.15, 0.2) is 28.7 Å². The summed E-state index contributed by atoms with van der Waals surface area (Å²) in [5.74, 6) is 1.27. The Morgan fingerprint density at radius 2 is 2.12 bits per heavy atom. The van der Waals surface area contributed by atoms with E-state index in [1.54, 1.807) is 0 Å². The number of hydrogen-bond donors (Lipinski definition) is 1. The van der Waals surface area contributed by atoms with Crippen LogP contribution < -0.4 is 0 Å². The second kappa shape index (κ2) is 6.01. The van der Waals surface area contributed by atoms with E-state index in [1.807, 2.05) is 18.2 Å². The molecule has 1 fully saturated rings. The Kier molecular flexibility index (Phi) is 4.63. The van der Waals surface area contributed by atoms with Crippen LogP contribution in [-0.2, 0) is 6.42 Å². The largest absolute Gasteiger partial charge is 0.392 e. The van der Waals surface area contributed by atoms with Gasteiger partial charge in [-0.1, -0.05) is 53.9 Å². The van der Waals surface area contributed by atoms with Crippen molar-refractivity contribution in [1.82, 2.24) is 0 Å². The van der Waals surface area contributed by atoms with Gasteiger partial charge in [0.25, 0.3) is 0 Å². The molecule has 94 valence electrons. The SMILES string of the molecule is CC1CCCC(C(O)Cc2ccccc2Br)C1. The molecular weight excluding hydrogens is 276 g/mol. The minimum atomic E-state index is -0.184. The first-order valence-corrected chi connectivity index (χ1v) is 7.37. The zero-order valence-corrected chi connectivity index (χ0v) is 12.0. The zero-order valence-electron chi connectivity index (χ0n) is 10.4. The van der Waals surface area contributed by atoms with Crippen molar-refractivity contribution < 1.29 is 5.11 Å². The second-order valence-corrected chi connectivity index (χ2v) is 6.25. The van der Waals surface area contributed by atoms with Gasteiger partial charge in [0.15, 0.2) is 0 Å². The van der Waals surface area contributed by atoms with Crippen molar-refractivity contribution in [3.8, 4) is 0 Å². The predicted octanol–water partition coefficient (Wildman–Crippen LogP) is 4.18. The van der Waals surface area contributed by atoms with Crippen LogP contribution in [-0.4, -0.2) is 11.2 Å². The van der Waals surface area contributed by atoms with Gasteiger partial charge in [-0.2, -0.15) is 0 Å². The maximum absolute atomic E-state index is 10.3. The molecule has 0 bridgehead atoms. The quantitative estimate of drug-likeness (QED) is 0.887. The van der Waals surface area contributed by atoms with E-state index in [9.17, 15) is 5.11 Å². The van der Waals surface area contributed by atoms with Gasteiger partial charge in [0.1, 0.15) is 0 Å². The van der Waals surface area contributed by atoms with Gasteiger partial charge in [0, 0.05) is 4.47 Å². The lowest BCUT2D eigenvalue weighted by atomic mass is 9.78. The molecule has 1 N–H and O–H groups in total. The molecule has 1 saturated carbocycles. The first-order chi connectivity index (χ1) is 8.16.